The molecule has 0 aromatic heterocycles. The summed E-state index contributed by atoms with van der Waals surface area (Å²) < 4.78 is 43.5. The normalized spacial score (nSPS) is 16.1. The monoisotopic (exact) mass is 271 g/mol. The molecule has 0 saturated carbocycles. The van der Waals surface area contributed by atoms with Crippen molar-refractivity contribution >= 4 is 0 Å². The summed E-state index contributed by atoms with van der Waals surface area (Å²) in [5.74, 6) is -0.0930. The Labute approximate surface area is 110 Å². The Morgan fingerprint density at radius 3 is 2.68 bits per heavy atom. The summed E-state index contributed by atoms with van der Waals surface area (Å²) >= 11 is 0. The number of para-hydroxylation sites is 1. The summed E-state index contributed by atoms with van der Waals surface area (Å²) in [6.45, 7) is 2.03. The lowest BCUT2D eigenvalue weighted by Gasteiger charge is -2.16. The Balaban J connectivity index is 1.94. The van der Waals surface area contributed by atoms with Crippen molar-refractivity contribution in [2.24, 2.45) is 0 Å². The van der Waals surface area contributed by atoms with Crippen LogP contribution in [0.15, 0.2) is 35.9 Å². The minimum absolute atomic E-state index is 0.0930. The quantitative estimate of drug-likeness (QED) is 0.847. The number of nitrogens with one attached hydrogen (secondary N) is 1. The Morgan fingerprint density at radius 1 is 1.21 bits per heavy atom. The van der Waals surface area contributed by atoms with E-state index in [1.54, 1.807) is 6.07 Å². The molecule has 5 heteroatoms. The molecule has 0 fully saturated rings. The Hall–Kier alpha value is -1.49. The zero-order valence-corrected chi connectivity index (χ0v) is 10.5. The van der Waals surface area contributed by atoms with Gasteiger partial charge in [-0.2, -0.15) is 13.2 Å². The summed E-state index contributed by atoms with van der Waals surface area (Å²) in [5.41, 5.74) is 0.525. The maximum atomic E-state index is 12.7. The molecule has 0 spiro atoms. The van der Waals surface area contributed by atoms with Crippen LogP contribution in [0.5, 0.6) is 5.75 Å². The van der Waals surface area contributed by atoms with E-state index in [-0.39, 0.29) is 12.4 Å². The van der Waals surface area contributed by atoms with E-state index in [4.69, 9.17) is 4.74 Å². The van der Waals surface area contributed by atoms with Gasteiger partial charge in [0, 0.05) is 13.0 Å². The first-order valence-electron chi connectivity index (χ1n) is 6.25. The van der Waals surface area contributed by atoms with Crippen molar-refractivity contribution in [3.8, 4) is 5.75 Å². The van der Waals surface area contributed by atoms with Gasteiger partial charge in [-0.1, -0.05) is 23.8 Å². The molecule has 1 aromatic rings. The second-order valence-electron chi connectivity index (χ2n) is 4.41. The number of hydrogen-bond acceptors (Lipinski definition) is 2. The predicted octanol–water partition coefficient (Wildman–Crippen LogP) is 3.39. The summed E-state index contributed by atoms with van der Waals surface area (Å²) in [7, 11) is 0. The second kappa shape index (κ2) is 6.10. The number of rotatable bonds is 4. The number of alkyl halides is 3. The third-order valence-electron chi connectivity index (χ3n) is 3.03. The van der Waals surface area contributed by atoms with E-state index in [0.29, 0.717) is 6.42 Å². The predicted molar refractivity (Wildman–Crippen MR) is 67.1 cm³/mol. The van der Waals surface area contributed by atoms with E-state index in [2.05, 4.69) is 11.4 Å². The van der Waals surface area contributed by atoms with E-state index in [9.17, 15) is 13.2 Å². The van der Waals surface area contributed by atoms with Crippen LogP contribution in [-0.4, -0.2) is 19.7 Å². The van der Waals surface area contributed by atoms with Crippen LogP contribution in [0, 0.1) is 0 Å². The minimum atomic E-state index is -4.37. The van der Waals surface area contributed by atoms with Crippen LogP contribution < -0.4 is 10.1 Å². The van der Waals surface area contributed by atoms with Crippen LogP contribution >= 0.6 is 0 Å². The molecule has 2 nitrogen and oxygen atoms in total. The second-order valence-corrected chi connectivity index (χ2v) is 4.41. The molecule has 1 aromatic carbocycles. The summed E-state index contributed by atoms with van der Waals surface area (Å²) in [5, 5.41) is 3.19. The highest BCUT2D eigenvalue weighted by atomic mass is 19.4. The Morgan fingerprint density at radius 2 is 2.00 bits per heavy atom. The average Bonchev–Trinajstić information content (AvgIpc) is 2.39. The molecule has 0 radical (unpaired) electrons. The van der Waals surface area contributed by atoms with Crippen molar-refractivity contribution in [1.29, 1.82) is 0 Å². The van der Waals surface area contributed by atoms with Crippen molar-refractivity contribution in [3.63, 3.8) is 0 Å². The van der Waals surface area contributed by atoms with Gasteiger partial charge >= 0.3 is 6.18 Å². The molecule has 0 unspecified atom stereocenters. The van der Waals surface area contributed by atoms with E-state index >= 15 is 0 Å². The highest BCUT2D eigenvalue weighted by Crippen LogP contribution is 2.35. The first-order valence-corrected chi connectivity index (χ1v) is 6.25. The lowest BCUT2D eigenvalue weighted by Crippen LogP contribution is -2.21. The van der Waals surface area contributed by atoms with Crippen LogP contribution in [0.2, 0.25) is 0 Å². The fraction of sp³-hybridized carbons (Fsp3) is 0.429. The van der Waals surface area contributed by atoms with Gasteiger partial charge in [-0.25, -0.2) is 0 Å². The minimum Gasteiger partial charge on any atom is -0.493 e. The van der Waals surface area contributed by atoms with Crippen LogP contribution in [0.25, 0.3) is 0 Å². The van der Waals surface area contributed by atoms with Gasteiger partial charge < -0.3 is 10.1 Å². The Kier molecular flexibility index (Phi) is 4.47. The molecule has 0 bridgehead atoms. The van der Waals surface area contributed by atoms with Gasteiger partial charge in [-0.3, -0.25) is 0 Å². The Bertz CT molecular complexity index is 454. The molecular formula is C14H16F3NO. The highest BCUT2D eigenvalue weighted by Gasteiger charge is 2.33. The summed E-state index contributed by atoms with van der Waals surface area (Å²) in [4.78, 5) is 0. The summed E-state index contributed by atoms with van der Waals surface area (Å²) in [6, 6.07) is 5.32. The lowest BCUT2D eigenvalue weighted by molar-refractivity contribution is -0.138. The van der Waals surface area contributed by atoms with Gasteiger partial charge in [0.15, 0.2) is 0 Å². The van der Waals surface area contributed by atoms with Crippen LogP contribution in [0.1, 0.15) is 18.4 Å². The number of halogens is 3. The lowest BCUT2D eigenvalue weighted by atomic mass is 10.1. The van der Waals surface area contributed by atoms with E-state index < -0.39 is 11.7 Å². The molecular weight excluding hydrogens is 255 g/mol. The molecule has 2 rings (SSSR count). The smallest absolute Gasteiger partial charge is 0.419 e. The molecule has 1 heterocycles. The van der Waals surface area contributed by atoms with Gasteiger partial charge in [0.05, 0.1) is 12.2 Å². The van der Waals surface area contributed by atoms with Crippen molar-refractivity contribution in [3.05, 3.63) is 41.5 Å². The zero-order valence-electron chi connectivity index (χ0n) is 10.5. The van der Waals surface area contributed by atoms with Gasteiger partial charge in [0.25, 0.3) is 0 Å². The van der Waals surface area contributed by atoms with Gasteiger partial charge in [0.2, 0.25) is 0 Å². The maximum Gasteiger partial charge on any atom is 0.419 e. The van der Waals surface area contributed by atoms with Crippen molar-refractivity contribution in [2.45, 2.75) is 19.0 Å². The van der Waals surface area contributed by atoms with Crippen molar-refractivity contribution in [2.75, 3.05) is 19.7 Å². The van der Waals surface area contributed by atoms with E-state index in [0.717, 1.165) is 25.6 Å². The maximum absolute atomic E-state index is 12.7. The van der Waals surface area contributed by atoms with E-state index in [1.807, 2.05) is 0 Å². The standard InChI is InChI=1S/C14H16F3NO/c15-14(16,17)12-3-1-2-4-13(12)19-10-7-11-5-8-18-9-6-11/h1-5,18H,6-10H2. The van der Waals surface area contributed by atoms with Gasteiger partial charge in [-0.15, -0.1) is 0 Å². The van der Waals surface area contributed by atoms with Crippen molar-refractivity contribution in [1.82, 2.24) is 5.32 Å². The third kappa shape index (κ3) is 3.99. The van der Waals surface area contributed by atoms with Crippen LogP contribution in [0.3, 0.4) is 0 Å². The largest absolute Gasteiger partial charge is 0.493 e. The highest BCUT2D eigenvalue weighted by molar-refractivity contribution is 5.35. The molecule has 1 aliphatic heterocycles. The molecule has 0 aliphatic carbocycles. The molecule has 19 heavy (non-hydrogen) atoms. The van der Waals surface area contributed by atoms with Gasteiger partial charge in [-0.05, 0) is 25.1 Å². The molecule has 104 valence electrons. The van der Waals surface area contributed by atoms with Crippen LogP contribution in [0.4, 0.5) is 13.2 Å². The topological polar surface area (TPSA) is 21.3 Å². The van der Waals surface area contributed by atoms with E-state index in [1.165, 1.54) is 17.7 Å². The fourth-order valence-corrected chi connectivity index (χ4v) is 2.02. The SMILES string of the molecule is FC(F)(F)c1ccccc1OCCC1=CCNCC1. The number of benzene rings is 1. The molecule has 0 saturated heterocycles. The fourth-order valence-electron chi connectivity index (χ4n) is 2.02. The van der Waals surface area contributed by atoms with Crippen LogP contribution in [-0.2, 0) is 6.18 Å². The average molecular weight is 271 g/mol. The first kappa shape index (κ1) is 13.9. The van der Waals surface area contributed by atoms with Crippen molar-refractivity contribution < 1.29 is 17.9 Å². The molecule has 1 aliphatic rings. The zero-order chi connectivity index (χ0) is 13.7. The van der Waals surface area contributed by atoms with Gasteiger partial charge in [0.1, 0.15) is 5.75 Å². The molecule has 0 atom stereocenters. The molecule has 1 N–H and O–H groups in total. The summed E-state index contributed by atoms with van der Waals surface area (Å²) in [6.07, 6.45) is -0.689. The third-order valence-corrected chi connectivity index (χ3v) is 3.03. The first-order chi connectivity index (χ1) is 9.07. The number of hydrogen-bond donors (Lipinski definition) is 1. The number of ether oxygens (including phenoxy) is 1. The molecule has 0 amide bonds.